The quantitative estimate of drug-likeness (QED) is 0.826. The molecule has 3 rings (SSSR count). The minimum absolute atomic E-state index is 0.00533. The van der Waals surface area contributed by atoms with Crippen molar-refractivity contribution >= 4 is 35.0 Å². The average molecular weight is 364 g/mol. The van der Waals surface area contributed by atoms with Crippen LogP contribution in [0.2, 0.25) is 10.0 Å². The highest BCUT2D eigenvalue weighted by atomic mass is 35.5. The number of hydrogen-bond donors (Lipinski definition) is 0. The Morgan fingerprint density at radius 2 is 1.62 bits per heavy atom. The summed E-state index contributed by atoms with van der Waals surface area (Å²) in [5, 5.41) is 1.24. The molecule has 2 aromatic rings. The zero-order valence-corrected chi connectivity index (χ0v) is 14.3. The maximum absolute atomic E-state index is 12.3. The molecule has 4 nitrogen and oxygen atoms in total. The second kappa shape index (κ2) is 7.24. The van der Waals surface area contributed by atoms with Gasteiger partial charge in [-0.1, -0.05) is 35.3 Å². The summed E-state index contributed by atoms with van der Waals surface area (Å²) >= 11 is 11.7. The van der Waals surface area contributed by atoms with Gasteiger partial charge in [0.25, 0.3) is 5.91 Å². The van der Waals surface area contributed by atoms with Crippen molar-refractivity contribution in [3.05, 3.63) is 64.1 Å². The zero-order chi connectivity index (χ0) is 17.1. The number of nitrogens with zero attached hydrogens (tertiary/aromatic N) is 1. The van der Waals surface area contributed by atoms with Crippen LogP contribution in [-0.2, 0) is 9.59 Å². The molecule has 2 aromatic carbocycles. The second-order valence-electron chi connectivity index (χ2n) is 5.59. The van der Waals surface area contributed by atoms with E-state index in [1.54, 1.807) is 36.4 Å². The number of benzene rings is 2. The predicted molar refractivity (Wildman–Crippen MR) is 92.5 cm³/mol. The van der Waals surface area contributed by atoms with Gasteiger partial charge in [0.1, 0.15) is 5.75 Å². The van der Waals surface area contributed by atoms with Crippen molar-refractivity contribution in [2.45, 2.75) is 12.3 Å². The molecule has 0 saturated carbocycles. The van der Waals surface area contributed by atoms with Crippen molar-refractivity contribution in [3.8, 4) is 5.75 Å². The zero-order valence-electron chi connectivity index (χ0n) is 12.7. The number of imide groups is 1. The maximum Gasteiger partial charge on any atom is 0.267 e. The van der Waals surface area contributed by atoms with Gasteiger partial charge in [-0.15, -0.1) is 0 Å². The molecule has 1 atom stereocenters. The largest absolute Gasteiger partial charge is 0.484 e. The van der Waals surface area contributed by atoms with Crippen molar-refractivity contribution in [2.24, 2.45) is 0 Å². The Bertz CT molecular complexity index is 744. The average Bonchev–Trinajstić information content (AvgIpc) is 2.96. The molecular formula is C18H15Cl2NO3. The lowest BCUT2D eigenvalue weighted by atomic mass is 9.98. The number of likely N-dealkylation sites (tertiary alicyclic amines) is 1. The minimum atomic E-state index is -0.341. The fraction of sp³-hybridized carbons (Fsp3) is 0.222. The second-order valence-corrected chi connectivity index (χ2v) is 6.47. The highest BCUT2D eigenvalue weighted by Crippen LogP contribution is 2.29. The van der Waals surface area contributed by atoms with Crippen LogP contribution >= 0.6 is 23.2 Å². The Labute approximate surface area is 149 Å². The van der Waals surface area contributed by atoms with Gasteiger partial charge in [0, 0.05) is 28.9 Å². The monoisotopic (exact) mass is 363 g/mol. The number of hydrogen-bond acceptors (Lipinski definition) is 3. The van der Waals surface area contributed by atoms with E-state index in [1.807, 2.05) is 12.1 Å². The van der Waals surface area contributed by atoms with E-state index in [9.17, 15) is 9.59 Å². The van der Waals surface area contributed by atoms with E-state index in [1.165, 1.54) is 4.90 Å². The van der Waals surface area contributed by atoms with Gasteiger partial charge < -0.3 is 4.74 Å². The van der Waals surface area contributed by atoms with Crippen LogP contribution in [0.25, 0.3) is 0 Å². The van der Waals surface area contributed by atoms with Gasteiger partial charge >= 0.3 is 0 Å². The molecule has 6 heteroatoms. The van der Waals surface area contributed by atoms with Crippen LogP contribution in [0.3, 0.4) is 0 Å². The number of amides is 2. The van der Waals surface area contributed by atoms with Crippen molar-refractivity contribution < 1.29 is 14.3 Å². The normalized spacial score (nSPS) is 17.2. The van der Waals surface area contributed by atoms with Gasteiger partial charge in [-0.3, -0.25) is 14.5 Å². The molecule has 0 aliphatic carbocycles. The van der Waals surface area contributed by atoms with Crippen molar-refractivity contribution in [1.29, 1.82) is 0 Å². The molecule has 1 heterocycles. The lowest BCUT2D eigenvalue weighted by Crippen LogP contribution is -2.36. The van der Waals surface area contributed by atoms with E-state index in [-0.39, 0.29) is 24.3 Å². The summed E-state index contributed by atoms with van der Waals surface area (Å²) in [6.45, 7) is 0.185. The molecule has 1 aliphatic heterocycles. The topological polar surface area (TPSA) is 46.6 Å². The lowest BCUT2D eigenvalue weighted by Gasteiger charge is -2.15. The molecule has 0 radical (unpaired) electrons. The minimum Gasteiger partial charge on any atom is -0.484 e. The first-order chi connectivity index (χ1) is 11.5. The molecular weight excluding hydrogens is 349 g/mol. The third kappa shape index (κ3) is 3.89. The summed E-state index contributed by atoms with van der Waals surface area (Å²) in [4.78, 5) is 25.6. The van der Waals surface area contributed by atoms with Gasteiger partial charge in [-0.25, -0.2) is 0 Å². The highest BCUT2D eigenvalue weighted by molar-refractivity contribution is 6.30. The summed E-state index contributed by atoms with van der Waals surface area (Å²) < 4.78 is 5.42. The fourth-order valence-corrected chi connectivity index (χ4v) is 2.91. The van der Waals surface area contributed by atoms with E-state index < -0.39 is 0 Å². The van der Waals surface area contributed by atoms with Crippen LogP contribution in [-0.4, -0.2) is 29.9 Å². The van der Waals surface area contributed by atoms with Crippen LogP contribution in [0, 0.1) is 0 Å². The molecule has 1 saturated heterocycles. The summed E-state index contributed by atoms with van der Waals surface area (Å²) in [6, 6.07) is 14.1. The van der Waals surface area contributed by atoms with Gasteiger partial charge in [0.15, 0.2) is 6.61 Å². The van der Waals surface area contributed by atoms with Crippen LogP contribution in [0.5, 0.6) is 5.75 Å². The van der Waals surface area contributed by atoms with Crippen LogP contribution in [0.1, 0.15) is 17.9 Å². The third-order valence-electron chi connectivity index (χ3n) is 3.94. The Morgan fingerprint density at radius 1 is 1.04 bits per heavy atom. The maximum atomic E-state index is 12.3. The Balaban J connectivity index is 1.60. The van der Waals surface area contributed by atoms with E-state index >= 15 is 0 Å². The third-order valence-corrected chi connectivity index (χ3v) is 4.45. The Hall–Kier alpha value is -2.04. The number of carbonyl (C=O) groups is 2. The molecule has 1 fully saturated rings. The smallest absolute Gasteiger partial charge is 0.267 e. The fourth-order valence-electron chi connectivity index (χ4n) is 2.66. The molecule has 124 valence electrons. The van der Waals surface area contributed by atoms with Gasteiger partial charge in [0.2, 0.25) is 5.91 Å². The standard InChI is InChI=1S/C18H15Cl2NO3/c19-14-3-1-12(2-4-14)13-9-17(22)21(10-13)18(23)11-24-16-7-5-15(20)6-8-16/h1-8,13H,9-11H2. The van der Waals surface area contributed by atoms with Gasteiger partial charge in [-0.05, 0) is 42.0 Å². The van der Waals surface area contributed by atoms with Gasteiger partial charge in [-0.2, -0.15) is 0 Å². The highest BCUT2D eigenvalue weighted by Gasteiger charge is 2.34. The molecule has 2 amide bonds. The molecule has 0 bridgehead atoms. The van der Waals surface area contributed by atoms with E-state index in [0.29, 0.717) is 28.8 Å². The molecule has 0 N–H and O–H groups in total. The molecule has 24 heavy (non-hydrogen) atoms. The number of carbonyl (C=O) groups excluding carboxylic acids is 2. The van der Waals surface area contributed by atoms with E-state index in [4.69, 9.17) is 27.9 Å². The number of halogens is 2. The first kappa shape index (κ1) is 16.8. The first-order valence-electron chi connectivity index (χ1n) is 7.50. The van der Waals surface area contributed by atoms with Crippen LogP contribution in [0.4, 0.5) is 0 Å². The molecule has 1 unspecified atom stereocenters. The number of rotatable bonds is 4. The Kier molecular flexibility index (Phi) is 5.07. The van der Waals surface area contributed by atoms with Crippen molar-refractivity contribution in [1.82, 2.24) is 4.90 Å². The molecule has 1 aliphatic rings. The van der Waals surface area contributed by atoms with Crippen molar-refractivity contribution in [3.63, 3.8) is 0 Å². The predicted octanol–water partition coefficient (Wildman–Crippen LogP) is 3.91. The summed E-state index contributed by atoms with van der Waals surface area (Å²) in [5.41, 5.74) is 1.00. The summed E-state index contributed by atoms with van der Waals surface area (Å²) in [5.74, 6) is 0.00830. The summed E-state index contributed by atoms with van der Waals surface area (Å²) in [7, 11) is 0. The SMILES string of the molecule is O=C(COc1ccc(Cl)cc1)N1CC(c2ccc(Cl)cc2)CC1=O. The number of ether oxygens (including phenoxy) is 1. The first-order valence-corrected chi connectivity index (χ1v) is 8.25. The molecule has 0 spiro atoms. The van der Waals surface area contributed by atoms with Gasteiger partial charge in [0.05, 0.1) is 0 Å². The Morgan fingerprint density at radius 3 is 2.25 bits per heavy atom. The lowest BCUT2D eigenvalue weighted by molar-refractivity contribution is -0.143. The summed E-state index contributed by atoms with van der Waals surface area (Å²) in [6.07, 6.45) is 0.314. The molecule has 0 aromatic heterocycles. The van der Waals surface area contributed by atoms with Crippen molar-refractivity contribution in [2.75, 3.05) is 13.2 Å². The van der Waals surface area contributed by atoms with Crippen LogP contribution in [0.15, 0.2) is 48.5 Å². The van der Waals surface area contributed by atoms with E-state index in [2.05, 4.69) is 0 Å². The van der Waals surface area contributed by atoms with Crippen LogP contribution < -0.4 is 4.74 Å². The van der Waals surface area contributed by atoms with E-state index in [0.717, 1.165) is 5.56 Å².